The van der Waals surface area contributed by atoms with E-state index in [1.165, 1.54) is 11.3 Å². The molecule has 112 valence electrons. The lowest BCUT2D eigenvalue weighted by Crippen LogP contribution is -2.62. The summed E-state index contributed by atoms with van der Waals surface area (Å²) in [6.07, 6.45) is 2.98. The molecule has 1 aromatic rings. The number of aromatic nitrogens is 1. The summed E-state index contributed by atoms with van der Waals surface area (Å²) in [5.41, 5.74) is 2.82. The van der Waals surface area contributed by atoms with E-state index < -0.39 is 0 Å². The van der Waals surface area contributed by atoms with Crippen molar-refractivity contribution in [2.45, 2.75) is 59.2 Å². The first-order valence-electron chi connectivity index (χ1n) is 7.85. The highest BCUT2D eigenvalue weighted by molar-refractivity contribution is 5.20. The van der Waals surface area contributed by atoms with Crippen LogP contribution in [0.25, 0.3) is 0 Å². The molecule has 1 fully saturated rings. The number of aryl methyl sites for hydroxylation is 1. The summed E-state index contributed by atoms with van der Waals surface area (Å²) in [4.78, 5) is 7.24. The predicted octanol–water partition coefficient (Wildman–Crippen LogP) is 2.85. The zero-order chi connectivity index (χ0) is 14.8. The Morgan fingerprint density at radius 1 is 1.45 bits per heavy atom. The van der Waals surface area contributed by atoms with Crippen molar-refractivity contribution in [3.63, 3.8) is 0 Å². The minimum absolute atomic E-state index is 0.187. The Hall–Kier alpha value is -0.930. The van der Waals surface area contributed by atoms with Crippen LogP contribution < -0.4 is 5.32 Å². The smallest absolute Gasteiger partial charge is 0.0575 e. The molecule has 0 saturated carbocycles. The number of piperazine rings is 1. The van der Waals surface area contributed by atoms with Gasteiger partial charge in [0.25, 0.3) is 0 Å². The molecule has 0 radical (unpaired) electrons. The molecule has 1 unspecified atom stereocenters. The van der Waals surface area contributed by atoms with E-state index in [2.05, 4.69) is 55.9 Å². The first-order chi connectivity index (χ1) is 9.43. The highest BCUT2D eigenvalue weighted by atomic mass is 15.3. The highest BCUT2D eigenvalue weighted by Gasteiger charge is 2.34. The minimum atomic E-state index is 0.187. The van der Waals surface area contributed by atoms with E-state index in [-0.39, 0.29) is 5.54 Å². The van der Waals surface area contributed by atoms with Gasteiger partial charge in [-0.2, -0.15) is 0 Å². The standard InChI is InChI=1S/C17H29N3/c1-6-14-8-7-9-18-15(14)11-20-12-17(4,5)19-10-16(20)13(2)3/h7-9,13,16,19H,6,10-12H2,1-5H3. The van der Waals surface area contributed by atoms with Crippen LogP contribution >= 0.6 is 0 Å². The zero-order valence-electron chi connectivity index (χ0n) is 13.6. The van der Waals surface area contributed by atoms with Crippen LogP contribution in [0.1, 0.15) is 45.9 Å². The molecule has 3 heteroatoms. The molecule has 0 aromatic carbocycles. The quantitative estimate of drug-likeness (QED) is 0.916. The summed E-state index contributed by atoms with van der Waals surface area (Å²) in [5.74, 6) is 0.660. The molecule has 1 saturated heterocycles. The average Bonchev–Trinajstić information content (AvgIpc) is 2.38. The maximum atomic E-state index is 4.62. The molecule has 2 heterocycles. The highest BCUT2D eigenvalue weighted by Crippen LogP contribution is 2.23. The first kappa shape index (κ1) is 15.5. The summed E-state index contributed by atoms with van der Waals surface area (Å²) < 4.78 is 0. The molecule has 1 aliphatic heterocycles. The molecule has 3 nitrogen and oxygen atoms in total. The second-order valence-corrected chi connectivity index (χ2v) is 6.94. The molecule has 1 aromatic heterocycles. The molecule has 1 aliphatic rings. The van der Waals surface area contributed by atoms with Crippen molar-refractivity contribution >= 4 is 0 Å². The molecular weight excluding hydrogens is 246 g/mol. The number of nitrogens with one attached hydrogen (secondary N) is 1. The Morgan fingerprint density at radius 3 is 2.85 bits per heavy atom. The Kier molecular flexibility index (Phi) is 4.82. The molecule has 1 N–H and O–H groups in total. The van der Waals surface area contributed by atoms with Gasteiger partial charge in [-0.25, -0.2) is 0 Å². The number of nitrogens with zero attached hydrogens (tertiary/aromatic N) is 2. The number of hydrogen-bond acceptors (Lipinski definition) is 3. The predicted molar refractivity (Wildman–Crippen MR) is 84.7 cm³/mol. The van der Waals surface area contributed by atoms with E-state index in [4.69, 9.17) is 0 Å². The topological polar surface area (TPSA) is 28.2 Å². The van der Waals surface area contributed by atoms with Crippen molar-refractivity contribution in [3.05, 3.63) is 29.6 Å². The Balaban J connectivity index is 2.18. The average molecular weight is 275 g/mol. The Bertz CT molecular complexity index is 440. The SMILES string of the molecule is CCc1cccnc1CN1CC(C)(C)NCC1C(C)C. The summed E-state index contributed by atoms with van der Waals surface area (Å²) >= 11 is 0. The molecule has 0 amide bonds. The van der Waals surface area contributed by atoms with Crippen LogP contribution in [0.3, 0.4) is 0 Å². The maximum Gasteiger partial charge on any atom is 0.0575 e. The van der Waals surface area contributed by atoms with E-state index in [0.29, 0.717) is 12.0 Å². The van der Waals surface area contributed by atoms with E-state index >= 15 is 0 Å². The van der Waals surface area contributed by atoms with Gasteiger partial charge in [0.1, 0.15) is 0 Å². The van der Waals surface area contributed by atoms with Gasteiger partial charge in [0, 0.05) is 37.4 Å². The van der Waals surface area contributed by atoms with E-state index in [1.54, 1.807) is 0 Å². The van der Waals surface area contributed by atoms with Crippen LogP contribution in [0.15, 0.2) is 18.3 Å². The van der Waals surface area contributed by atoms with E-state index in [0.717, 1.165) is 26.1 Å². The second kappa shape index (κ2) is 6.23. The van der Waals surface area contributed by atoms with Gasteiger partial charge in [0.2, 0.25) is 0 Å². The van der Waals surface area contributed by atoms with Crippen molar-refractivity contribution in [2.75, 3.05) is 13.1 Å². The fraction of sp³-hybridized carbons (Fsp3) is 0.706. The van der Waals surface area contributed by atoms with Gasteiger partial charge in [0.05, 0.1) is 5.69 Å². The molecule has 1 atom stereocenters. The Morgan fingerprint density at radius 2 is 2.20 bits per heavy atom. The van der Waals surface area contributed by atoms with Crippen LogP contribution in [-0.2, 0) is 13.0 Å². The van der Waals surface area contributed by atoms with Crippen LogP contribution in [0.4, 0.5) is 0 Å². The van der Waals surface area contributed by atoms with Gasteiger partial charge in [-0.15, -0.1) is 0 Å². The maximum absolute atomic E-state index is 4.62. The summed E-state index contributed by atoms with van der Waals surface area (Å²) in [6.45, 7) is 14.5. The van der Waals surface area contributed by atoms with Crippen LogP contribution in [0.5, 0.6) is 0 Å². The monoisotopic (exact) mass is 275 g/mol. The largest absolute Gasteiger partial charge is 0.309 e. The summed E-state index contributed by atoms with van der Waals surface area (Å²) in [6, 6.07) is 4.85. The lowest BCUT2D eigenvalue weighted by Gasteiger charge is -2.46. The fourth-order valence-corrected chi connectivity index (χ4v) is 3.15. The van der Waals surface area contributed by atoms with Crippen molar-refractivity contribution in [1.29, 1.82) is 0 Å². The van der Waals surface area contributed by atoms with Gasteiger partial charge < -0.3 is 5.32 Å². The molecule has 0 spiro atoms. The van der Waals surface area contributed by atoms with Crippen LogP contribution in [0.2, 0.25) is 0 Å². The second-order valence-electron chi connectivity index (χ2n) is 6.94. The third kappa shape index (κ3) is 3.58. The van der Waals surface area contributed by atoms with E-state index in [9.17, 15) is 0 Å². The minimum Gasteiger partial charge on any atom is -0.309 e. The third-order valence-electron chi connectivity index (χ3n) is 4.34. The molecule has 20 heavy (non-hydrogen) atoms. The normalized spacial score (nSPS) is 23.2. The molecule has 0 bridgehead atoms. The summed E-state index contributed by atoms with van der Waals surface area (Å²) in [5, 5.41) is 3.67. The lowest BCUT2D eigenvalue weighted by atomic mass is 9.92. The first-order valence-corrected chi connectivity index (χ1v) is 7.85. The van der Waals surface area contributed by atoms with Crippen LogP contribution in [-0.4, -0.2) is 34.6 Å². The lowest BCUT2D eigenvalue weighted by molar-refractivity contribution is 0.0614. The zero-order valence-corrected chi connectivity index (χ0v) is 13.6. The molecule has 2 rings (SSSR count). The van der Waals surface area contributed by atoms with Crippen LogP contribution in [0, 0.1) is 5.92 Å². The van der Waals surface area contributed by atoms with Crippen molar-refractivity contribution < 1.29 is 0 Å². The van der Waals surface area contributed by atoms with Gasteiger partial charge in [-0.3, -0.25) is 9.88 Å². The molecular formula is C17H29N3. The number of pyridine rings is 1. The van der Waals surface area contributed by atoms with Gasteiger partial charge in [-0.1, -0.05) is 26.8 Å². The number of rotatable bonds is 4. The van der Waals surface area contributed by atoms with Gasteiger partial charge in [0.15, 0.2) is 0 Å². The van der Waals surface area contributed by atoms with Crippen molar-refractivity contribution in [2.24, 2.45) is 5.92 Å². The van der Waals surface area contributed by atoms with Gasteiger partial charge in [-0.05, 0) is 37.8 Å². The Labute approximate surface area is 123 Å². The summed E-state index contributed by atoms with van der Waals surface area (Å²) in [7, 11) is 0. The van der Waals surface area contributed by atoms with E-state index in [1.807, 2.05) is 12.3 Å². The van der Waals surface area contributed by atoms with Gasteiger partial charge >= 0.3 is 0 Å². The molecule has 0 aliphatic carbocycles. The van der Waals surface area contributed by atoms with Crippen molar-refractivity contribution in [3.8, 4) is 0 Å². The third-order valence-corrected chi connectivity index (χ3v) is 4.34. The number of hydrogen-bond donors (Lipinski definition) is 1. The fourth-order valence-electron chi connectivity index (χ4n) is 3.15. The van der Waals surface area contributed by atoms with Crippen molar-refractivity contribution in [1.82, 2.24) is 15.2 Å².